The number of rotatable bonds is 3. The van der Waals surface area contributed by atoms with Crippen LogP contribution >= 0.6 is 0 Å². The van der Waals surface area contributed by atoms with E-state index in [1.807, 2.05) is 0 Å². The van der Waals surface area contributed by atoms with Crippen LogP contribution in [0.15, 0.2) is 12.4 Å². The van der Waals surface area contributed by atoms with E-state index in [-0.39, 0.29) is 0 Å². The summed E-state index contributed by atoms with van der Waals surface area (Å²) < 4.78 is 0. The maximum Gasteiger partial charge on any atom is 0.241 e. The lowest BCUT2D eigenvalue weighted by Gasteiger charge is -2.18. The van der Waals surface area contributed by atoms with Crippen LogP contribution in [0.4, 0.5) is 0 Å². The molecule has 0 aliphatic rings. The molecule has 0 rings (SSSR count). The van der Waals surface area contributed by atoms with Gasteiger partial charge in [-0.15, -0.1) is 0 Å². The van der Waals surface area contributed by atoms with E-state index in [4.69, 9.17) is 26.8 Å². The Balaban J connectivity index is 5.15. The van der Waals surface area contributed by atoms with Gasteiger partial charge >= 0.3 is 0 Å². The minimum Gasteiger partial charge on any atom is -0.403 e. The van der Waals surface area contributed by atoms with E-state index in [0.29, 0.717) is 0 Å². The van der Waals surface area contributed by atoms with Gasteiger partial charge < -0.3 is 11.1 Å². The van der Waals surface area contributed by atoms with Crippen LogP contribution in [0.25, 0.3) is 0 Å². The van der Waals surface area contributed by atoms with E-state index >= 15 is 0 Å². The molecule has 0 saturated heterocycles. The molecule has 0 aliphatic heterocycles. The van der Waals surface area contributed by atoms with Gasteiger partial charge in [-0.2, -0.15) is 21.0 Å². The first-order valence-electron chi connectivity index (χ1n) is 3.47. The van der Waals surface area contributed by atoms with E-state index in [2.05, 4.69) is 5.32 Å². The molecule has 0 aromatic heterocycles. The largest absolute Gasteiger partial charge is 0.403 e. The third-order valence-corrected chi connectivity index (χ3v) is 1.45. The van der Waals surface area contributed by atoms with Gasteiger partial charge in [0.05, 0.1) is 12.1 Å². The van der Waals surface area contributed by atoms with Crippen molar-refractivity contribution in [1.29, 1.82) is 21.0 Å². The Bertz CT molecular complexity index is 354. The molecule has 0 fully saturated rings. The third kappa shape index (κ3) is 1.91. The maximum absolute atomic E-state index is 8.72. The van der Waals surface area contributed by atoms with Crippen molar-refractivity contribution in [2.24, 2.45) is 11.7 Å². The van der Waals surface area contributed by atoms with Crippen molar-refractivity contribution in [2.45, 2.75) is 5.54 Å². The summed E-state index contributed by atoms with van der Waals surface area (Å²) in [5, 5.41) is 36.9. The fraction of sp³-hybridized carbons (Fsp3) is 0.250. The molecule has 6 heteroatoms. The van der Waals surface area contributed by atoms with Crippen molar-refractivity contribution in [1.82, 2.24) is 5.32 Å². The lowest BCUT2D eigenvalue weighted by atomic mass is 9.89. The summed E-state index contributed by atoms with van der Waals surface area (Å²) >= 11 is 0. The van der Waals surface area contributed by atoms with Gasteiger partial charge in [0.1, 0.15) is 12.1 Å². The van der Waals surface area contributed by atoms with Crippen molar-refractivity contribution in [3.05, 3.63) is 12.4 Å². The zero-order valence-corrected chi connectivity index (χ0v) is 7.10. The van der Waals surface area contributed by atoms with Gasteiger partial charge in [-0.3, -0.25) is 0 Å². The zero-order chi connectivity index (χ0) is 11.0. The molecule has 0 amide bonds. The molecule has 0 heterocycles. The summed E-state index contributed by atoms with van der Waals surface area (Å²) in [6.45, 7) is 0. The number of nitriles is 4. The van der Waals surface area contributed by atoms with E-state index in [0.717, 1.165) is 12.4 Å². The van der Waals surface area contributed by atoms with Gasteiger partial charge in [-0.1, -0.05) is 0 Å². The number of nitrogens with two attached hydrogens (primary N) is 1. The van der Waals surface area contributed by atoms with Crippen molar-refractivity contribution in [3.8, 4) is 24.3 Å². The molecule has 68 valence electrons. The molecular weight excluding hydrogens is 180 g/mol. The number of nitrogens with zero attached hydrogens (tertiary/aromatic N) is 4. The zero-order valence-electron chi connectivity index (χ0n) is 7.10. The van der Waals surface area contributed by atoms with Crippen molar-refractivity contribution < 1.29 is 0 Å². The normalized spacial score (nSPS) is 9.79. The highest BCUT2D eigenvalue weighted by molar-refractivity contribution is 5.33. The smallest absolute Gasteiger partial charge is 0.241 e. The lowest BCUT2D eigenvalue weighted by molar-refractivity contribution is 0.522. The number of hydrogen-bond acceptors (Lipinski definition) is 6. The lowest BCUT2D eigenvalue weighted by Crippen LogP contribution is -2.45. The molecule has 0 radical (unpaired) electrons. The second-order valence-electron chi connectivity index (χ2n) is 2.23. The summed E-state index contributed by atoms with van der Waals surface area (Å²) in [5.41, 5.74) is 3.12. The fourth-order valence-corrected chi connectivity index (χ4v) is 0.704. The Labute approximate surface area is 81.1 Å². The summed E-state index contributed by atoms with van der Waals surface area (Å²) in [5.74, 6) is -1.38. The van der Waals surface area contributed by atoms with E-state index in [1.165, 1.54) is 0 Å². The van der Waals surface area contributed by atoms with Crippen LogP contribution in [-0.2, 0) is 0 Å². The fourth-order valence-electron chi connectivity index (χ4n) is 0.704. The molecule has 0 bridgehead atoms. The summed E-state index contributed by atoms with van der Waals surface area (Å²) in [6.07, 6.45) is 2.20. The first kappa shape index (κ1) is 11.3. The predicted molar refractivity (Wildman–Crippen MR) is 45.1 cm³/mol. The van der Waals surface area contributed by atoms with E-state index in [9.17, 15) is 0 Å². The van der Waals surface area contributed by atoms with E-state index in [1.54, 1.807) is 24.3 Å². The topological polar surface area (TPSA) is 133 Å². The Kier molecular flexibility index (Phi) is 4.06. The highest BCUT2D eigenvalue weighted by Crippen LogP contribution is 2.14. The second kappa shape index (κ2) is 5.04. The molecule has 0 unspecified atom stereocenters. The molecule has 3 N–H and O–H groups in total. The van der Waals surface area contributed by atoms with Gasteiger partial charge in [-0.25, -0.2) is 0 Å². The molecular formula is C8H6N6. The Hall–Kier alpha value is -2.70. The average molecular weight is 186 g/mol. The molecule has 0 spiro atoms. The second-order valence-corrected chi connectivity index (χ2v) is 2.23. The summed E-state index contributed by atoms with van der Waals surface area (Å²) in [4.78, 5) is 0. The number of hydrogen-bond donors (Lipinski definition) is 2. The molecule has 0 aromatic carbocycles. The van der Waals surface area contributed by atoms with Crippen LogP contribution in [0, 0.1) is 51.2 Å². The average Bonchev–Trinajstić information content (AvgIpc) is 2.24. The minimum atomic E-state index is -1.88. The standard InChI is InChI=1S/C8H6N6/c9-1-2-14-8(5-12,6-13)7(3-10)4-11/h1-2,7,14H,9H2/b2-1+. The highest BCUT2D eigenvalue weighted by atomic mass is 15.0. The maximum atomic E-state index is 8.72. The van der Waals surface area contributed by atoms with Crippen molar-refractivity contribution in [2.75, 3.05) is 0 Å². The van der Waals surface area contributed by atoms with Crippen LogP contribution in [0.1, 0.15) is 0 Å². The van der Waals surface area contributed by atoms with Crippen LogP contribution < -0.4 is 11.1 Å². The van der Waals surface area contributed by atoms with Gasteiger partial charge in [0.2, 0.25) is 5.54 Å². The Morgan fingerprint density at radius 3 is 1.93 bits per heavy atom. The first-order chi connectivity index (χ1) is 6.70. The van der Waals surface area contributed by atoms with Crippen molar-refractivity contribution in [3.63, 3.8) is 0 Å². The third-order valence-electron chi connectivity index (χ3n) is 1.45. The van der Waals surface area contributed by atoms with Crippen molar-refractivity contribution >= 4 is 0 Å². The predicted octanol–water partition coefficient (Wildman–Crippen LogP) is -0.545. The number of nitrogens with one attached hydrogen (secondary N) is 1. The Morgan fingerprint density at radius 1 is 1.14 bits per heavy atom. The van der Waals surface area contributed by atoms with Crippen LogP contribution in [0.5, 0.6) is 0 Å². The quantitative estimate of drug-likeness (QED) is 0.607. The molecule has 14 heavy (non-hydrogen) atoms. The molecule has 0 saturated carbocycles. The SMILES string of the molecule is N#CC(C#N)C(C#N)(C#N)N/C=C/N. The van der Waals surface area contributed by atoms with Crippen LogP contribution in [-0.4, -0.2) is 5.54 Å². The molecule has 0 aliphatic carbocycles. The highest BCUT2D eigenvalue weighted by Gasteiger charge is 2.39. The van der Waals surface area contributed by atoms with Crippen LogP contribution in [0.3, 0.4) is 0 Å². The monoisotopic (exact) mass is 186 g/mol. The van der Waals surface area contributed by atoms with E-state index < -0.39 is 11.5 Å². The summed E-state index contributed by atoms with van der Waals surface area (Å²) in [7, 11) is 0. The van der Waals surface area contributed by atoms with Gasteiger partial charge in [-0.05, 0) is 0 Å². The molecule has 0 atom stereocenters. The first-order valence-corrected chi connectivity index (χ1v) is 3.47. The summed E-state index contributed by atoms with van der Waals surface area (Å²) in [6, 6.07) is 6.28. The van der Waals surface area contributed by atoms with Gasteiger partial charge in [0.25, 0.3) is 0 Å². The molecule has 0 aromatic rings. The van der Waals surface area contributed by atoms with Gasteiger partial charge in [0.15, 0.2) is 5.92 Å². The molecule has 6 nitrogen and oxygen atoms in total. The van der Waals surface area contributed by atoms with Gasteiger partial charge in [0, 0.05) is 12.4 Å². The Morgan fingerprint density at radius 2 is 1.64 bits per heavy atom. The van der Waals surface area contributed by atoms with Crippen LogP contribution in [0.2, 0.25) is 0 Å². The minimum absolute atomic E-state index is 1.06.